The van der Waals surface area contributed by atoms with Gasteiger partial charge < -0.3 is 25.0 Å². The molecule has 3 heterocycles. The van der Waals surface area contributed by atoms with Crippen LogP contribution in [0.15, 0.2) is 138 Å². The molecule has 0 saturated carbocycles. The van der Waals surface area contributed by atoms with E-state index in [2.05, 4.69) is 132 Å². The second-order valence-corrected chi connectivity index (χ2v) is 12.3. The number of nitrogen functional groups attached to an aromatic ring is 2. The lowest BCUT2D eigenvalue weighted by Crippen LogP contribution is -1.99. The van der Waals surface area contributed by atoms with Crippen molar-refractivity contribution in [2.45, 2.75) is 13.8 Å². The normalized spacial score (nSPS) is 11.8. The third-order valence-electron chi connectivity index (χ3n) is 9.56. The molecule has 0 aliphatic carbocycles. The number of nitrogens with zero attached hydrogens (tertiary/aromatic N) is 2. The summed E-state index contributed by atoms with van der Waals surface area (Å²) in [5.41, 5.74) is 26.1. The summed E-state index contributed by atoms with van der Waals surface area (Å²) in [6.45, 7) is 4.34. The standard InChI is InChI=1S/C42H32N4O/c1-25-31-12-7-9-15-40(31)47-42(25)41-26(2)45(30-10-4-3-5-11-30)38-20-16-27(22-35(38)41)32-19-17-29(44)24-39(32)46-36-14-8-6-13-33(36)34-23-28(43)18-21-37(34)46/h3-24H,43-44H2,1-2H3. The van der Waals surface area contributed by atoms with E-state index in [9.17, 15) is 0 Å². The largest absolute Gasteiger partial charge is 0.456 e. The van der Waals surface area contributed by atoms with Gasteiger partial charge in [-0.3, -0.25) is 0 Å². The summed E-state index contributed by atoms with van der Waals surface area (Å²) in [7, 11) is 0. The van der Waals surface area contributed by atoms with Gasteiger partial charge in [0.2, 0.25) is 0 Å². The van der Waals surface area contributed by atoms with Crippen molar-refractivity contribution < 1.29 is 4.42 Å². The predicted molar refractivity (Wildman–Crippen MR) is 197 cm³/mol. The molecule has 47 heavy (non-hydrogen) atoms. The molecule has 0 bridgehead atoms. The van der Waals surface area contributed by atoms with Crippen LogP contribution in [0.3, 0.4) is 0 Å². The molecule has 0 unspecified atom stereocenters. The molecule has 0 aliphatic heterocycles. The van der Waals surface area contributed by atoms with Crippen LogP contribution in [0.5, 0.6) is 0 Å². The first-order valence-electron chi connectivity index (χ1n) is 15.9. The zero-order chi connectivity index (χ0) is 31.8. The zero-order valence-electron chi connectivity index (χ0n) is 26.2. The van der Waals surface area contributed by atoms with Gasteiger partial charge in [-0.1, -0.05) is 66.7 Å². The van der Waals surface area contributed by atoms with Gasteiger partial charge in [-0.25, -0.2) is 0 Å². The minimum absolute atomic E-state index is 0.705. The van der Waals surface area contributed by atoms with E-state index >= 15 is 0 Å². The molecule has 0 atom stereocenters. The van der Waals surface area contributed by atoms with E-state index in [1.54, 1.807) is 0 Å². The van der Waals surface area contributed by atoms with Crippen LogP contribution in [0.1, 0.15) is 11.3 Å². The monoisotopic (exact) mass is 608 g/mol. The number of fused-ring (bicyclic) bond motifs is 5. The molecule has 0 radical (unpaired) electrons. The maximum atomic E-state index is 6.63. The number of hydrogen-bond acceptors (Lipinski definition) is 3. The molecule has 0 spiro atoms. The lowest BCUT2D eigenvalue weighted by molar-refractivity contribution is 0.629. The van der Waals surface area contributed by atoms with Crippen molar-refractivity contribution in [3.05, 3.63) is 145 Å². The summed E-state index contributed by atoms with van der Waals surface area (Å²) in [5.74, 6) is 0.901. The number of rotatable bonds is 4. The van der Waals surface area contributed by atoms with Crippen molar-refractivity contribution in [1.29, 1.82) is 0 Å². The minimum Gasteiger partial charge on any atom is -0.456 e. The summed E-state index contributed by atoms with van der Waals surface area (Å²) in [6, 6.07) is 46.4. The molecule has 0 amide bonds. The Bertz CT molecular complexity index is 2670. The molecule has 6 aromatic carbocycles. The number of hydrogen-bond donors (Lipinski definition) is 2. The Morgan fingerprint density at radius 1 is 0.532 bits per heavy atom. The smallest absolute Gasteiger partial charge is 0.140 e. The Balaban J connectivity index is 1.35. The lowest BCUT2D eigenvalue weighted by atomic mass is 9.98. The molecular weight excluding hydrogens is 576 g/mol. The molecule has 0 aliphatic rings. The summed E-state index contributed by atoms with van der Waals surface area (Å²) in [5, 5.41) is 4.52. The minimum atomic E-state index is 0.705. The number of furan rings is 1. The third-order valence-corrected chi connectivity index (χ3v) is 9.56. The van der Waals surface area contributed by atoms with Crippen molar-refractivity contribution in [3.8, 4) is 33.8 Å². The van der Waals surface area contributed by atoms with Crippen molar-refractivity contribution in [3.63, 3.8) is 0 Å². The van der Waals surface area contributed by atoms with Crippen molar-refractivity contribution in [2.24, 2.45) is 0 Å². The van der Waals surface area contributed by atoms with Gasteiger partial charge in [-0.2, -0.15) is 0 Å². The number of aromatic nitrogens is 2. The SMILES string of the molecule is Cc1c(-c2c(C)n(-c3ccccc3)c3ccc(-c4ccc(N)cc4-n4c5ccccc5c5cc(N)ccc54)cc23)oc2ccccc12. The highest BCUT2D eigenvalue weighted by molar-refractivity contribution is 6.11. The van der Waals surface area contributed by atoms with E-state index in [4.69, 9.17) is 15.9 Å². The van der Waals surface area contributed by atoms with Crippen LogP contribution in [0.2, 0.25) is 0 Å². The van der Waals surface area contributed by atoms with Crippen LogP contribution in [0, 0.1) is 13.8 Å². The Hall–Kier alpha value is -6.20. The van der Waals surface area contributed by atoms with Crippen LogP contribution in [-0.4, -0.2) is 9.13 Å². The molecule has 3 aromatic heterocycles. The van der Waals surface area contributed by atoms with Gasteiger partial charge in [0.25, 0.3) is 0 Å². The lowest BCUT2D eigenvalue weighted by Gasteiger charge is -2.15. The fraction of sp³-hybridized carbons (Fsp3) is 0.0476. The first kappa shape index (κ1) is 27.1. The van der Waals surface area contributed by atoms with Crippen molar-refractivity contribution >= 4 is 55.1 Å². The van der Waals surface area contributed by atoms with E-state index in [0.717, 1.165) is 94.4 Å². The molecular formula is C42H32N4O. The molecule has 0 saturated heterocycles. The fourth-order valence-corrected chi connectivity index (χ4v) is 7.42. The van der Waals surface area contributed by atoms with Crippen LogP contribution in [0.4, 0.5) is 11.4 Å². The van der Waals surface area contributed by atoms with Gasteiger partial charge >= 0.3 is 0 Å². The Labute approximate surface area is 271 Å². The predicted octanol–water partition coefficient (Wildman–Crippen LogP) is 10.6. The van der Waals surface area contributed by atoms with Gasteiger partial charge in [0.1, 0.15) is 11.3 Å². The Kier molecular flexibility index (Phi) is 5.87. The number of anilines is 2. The molecule has 9 rings (SSSR count). The first-order valence-corrected chi connectivity index (χ1v) is 15.9. The third kappa shape index (κ3) is 4.03. The Morgan fingerprint density at radius 2 is 1.19 bits per heavy atom. The first-order chi connectivity index (χ1) is 23.0. The van der Waals surface area contributed by atoms with E-state index in [1.165, 1.54) is 0 Å². The van der Waals surface area contributed by atoms with Crippen LogP contribution in [-0.2, 0) is 0 Å². The van der Waals surface area contributed by atoms with E-state index < -0.39 is 0 Å². The van der Waals surface area contributed by atoms with Crippen LogP contribution in [0.25, 0.3) is 77.5 Å². The van der Waals surface area contributed by atoms with E-state index in [0.29, 0.717) is 5.69 Å². The number of benzene rings is 6. The molecule has 226 valence electrons. The topological polar surface area (TPSA) is 75.0 Å². The summed E-state index contributed by atoms with van der Waals surface area (Å²) < 4.78 is 11.3. The maximum Gasteiger partial charge on any atom is 0.140 e. The highest BCUT2D eigenvalue weighted by atomic mass is 16.3. The second kappa shape index (κ2) is 10.2. The highest BCUT2D eigenvalue weighted by Crippen LogP contribution is 2.44. The van der Waals surface area contributed by atoms with Crippen molar-refractivity contribution in [2.75, 3.05) is 11.5 Å². The van der Waals surface area contributed by atoms with Gasteiger partial charge in [0.15, 0.2) is 0 Å². The van der Waals surface area contributed by atoms with Gasteiger partial charge in [-0.05, 0) is 86.1 Å². The number of para-hydroxylation sites is 3. The fourth-order valence-electron chi connectivity index (χ4n) is 7.42. The molecule has 5 heteroatoms. The molecule has 9 aromatic rings. The quantitative estimate of drug-likeness (QED) is 0.195. The van der Waals surface area contributed by atoms with Gasteiger partial charge in [-0.15, -0.1) is 0 Å². The van der Waals surface area contributed by atoms with Crippen LogP contribution < -0.4 is 11.5 Å². The van der Waals surface area contributed by atoms with Crippen molar-refractivity contribution in [1.82, 2.24) is 9.13 Å². The number of aryl methyl sites for hydroxylation is 1. The molecule has 5 nitrogen and oxygen atoms in total. The molecule has 0 fully saturated rings. The summed E-state index contributed by atoms with van der Waals surface area (Å²) in [6.07, 6.45) is 0. The van der Waals surface area contributed by atoms with E-state index in [-0.39, 0.29) is 0 Å². The second-order valence-electron chi connectivity index (χ2n) is 12.3. The summed E-state index contributed by atoms with van der Waals surface area (Å²) >= 11 is 0. The van der Waals surface area contributed by atoms with Gasteiger partial charge in [0.05, 0.1) is 22.2 Å². The number of nitrogens with two attached hydrogens (primary N) is 2. The van der Waals surface area contributed by atoms with Gasteiger partial charge in [0, 0.05) is 61.0 Å². The highest BCUT2D eigenvalue weighted by Gasteiger charge is 2.24. The Morgan fingerprint density at radius 3 is 2.02 bits per heavy atom. The average Bonchev–Trinajstić information content (AvgIpc) is 3.70. The summed E-state index contributed by atoms with van der Waals surface area (Å²) in [4.78, 5) is 0. The zero-order valence-corrected chi connectivity index (χ0v) is 26.2. The average molecular weight is 609 g/mol. The van der Waals surface area contributed by atoms with Crippen LogP contribution >= 0.6 is 0 Å². The van der Waals surface area contributed by atoms with E-state index in [1.807, 2.05) is 24.3 Å². The molecule has 4 N–H and O–H groups in total. The maximum absolute atomic E-state index is 6.63.